The zero-order valence-corrected chi connectivity index (χ0v) is 16.1. The van der Waals surface area contributed by atoms with Crippen molar-refractivity contribution < 1.29 is 0 Å². The molecule has 1 aliphatic carbocycles. The summed E-state index contributed by atoms with van der Waals surface area (Å²) in [5, 5.41) is 0. The largest absolute Gasteiger partial charge is 0.244 e. The first-order chi connectivity index (χ1) is 11.2. The fourth-order valence-electron chi connectivity index (χ4n) is 3.69. The molecule has 2 heteroatoms. The fourth-order valence-corrected chi connectivity index (χ4v) is 3.92. The highest BCUT2D eigenvalue weighted by atomic mass is 35.5. The van der Waals surface area contributed by atoms with E-state index in [-0.39, 0.29) is 10.8 Å². The van der Waals surface area contributed by atoms with Crippen molar-refractivity contribution in [2.24, 2.45) is 0 Å². The molecule has 0 atom stereocenters. The molecule has 0 radical (unpaired) electrons. The summed E-state index contributed by atoms with van der Waals surface area (Å²) in [6, 6.07) is 15.3. The number of benzene rings is 2. The van der Waals surface area contributed by atoms with Gasteiger partial charge in [0.15, 0.2) is 0 Å². The third-order valence-electron chi connectivity index (χ3n) is 5.52. The van der Waals surface area contributed by atoms with Gasteiger partial charge in [-0.3, -0.25) is 0 Å². The minimum absolute atomic E-state index is 0.201. The third kappa shape index (κ3) is 3.02. The molecule has 0 fully saturated rings. The van der Waals surface area contributed by atoms with E-state index in [0.717, 1.165) is 11.4 Å². The third-order valence-corrected chi connectivity index (χ3v) is 5.72. The Labute approximate surface area is 151 Å². The summed E-state index contributed by atoms with van der Waals surface area (Å²) in [5.41, 5.74) is 8.46. The van der Waals surface area contributed by atoms with Gasteiger partial charge in [-0.05, 0) is 53.3 Å². The van der Waals surface area contributed by atoms with Gasteiger partial charge in [0.25, 0.3) is 0 Å². The normalized spacial score (nSPS) is 19.0. The van der Waals surface area contributed by atoms with Gasteiger partial charge in [-0.2, -0.15) is 0 Å². The molecule has 0 N–H and O–H groups in total. The van der Waals surface area contributed by atoms with Crippen LogP contribution in [0, 0.1) is 6.92 Å². The lowest BCUT2D eigenvalue weighted by molar-refractivity contribution is 0.332. The van der Waals surface area contributed by atoms with E-state index in [1.807, 2.05) is 0 Å². The zero-order chi connectivity index (χ0) is 17.5. The Morgan fingerprint density at radius 2 is 1.38 bits per heavy atom. The van der Waals surface area contributed by atoms with Crippen LogP contribution >= 0.6 is 11.6 Å². The van der Waals surface area contributed by atoms with Gasteiger partial charge in [-0.1, -0.05) is 51.5 Å². The average molecular weight is 341 g/mol. The molecule has 0 unspecified atom stereocenters. The minimum atomic E-state index is 0.201. The number of fused-ring (bicyclic) bond motifs is 1. The summed E-state index contributed by atoms with van der Waals surface area (Å²) in [7, 11) is 0. The van der Waals surface area contributed by atoms with E-state index in [1.165, 1.54) is 29.5 Å². The number of rotatable bonds is 2. The Morgan fingerprint density at radius 1 is 0.833 bits per heavy atom. The van der Waals surface area contributed by atoms with Gasteiger partial charge in [0, 0.05) is 24.3 Å². The highest BCUT2D eigenvalue weighted by Gasteiger charge is 2.37. The molecule has 2 aromatic carbocycles. The maximum atomic E-state index is 6.19. The van der Waals surface area contributed by atoms with Crippen molar-refractivity contribution in [2.45, 2.75) is 58.3 Å². The van der Waals surface area contributed by atoms with Crippen LogP contribution in [0.1, 0.15) is 57.2 Å². The van der Waals surface area contributed by atoms with Crippen molar-refractivity contribution in [1.29, 1.82) is 0 Å². The number of hydrogen-bond acceptors (Lipinski definition) is 0. The van der Waals surface area contributed by atoms with E-state index in [4.69, 9.17) is 11.6 Å². The summed E-state index contributed by atoms with van der Waals surface area (Å²) in [5.74, 6) is 0. The van der Waals surface area contributed by atoms with Gasteiger partial charge in [0.1, 0.15) is 0 Å². The van der Waals surface area contributed by atoms with Crippen LogP contribution in [0.25, 0.3) is 0 Å². The lowest BCUT2D eigenvalue weighted by Gasteiger charge is -2.41. The van der Waals surface area contributed by atoms with E-state index >= 15 is 0 Å². The maximum absolute atomic E-state index is 6.19. The van der Waals surface area contributed by atoms with Gasteiger partial charge < -0.3 is 0 Å². The number of halogens is 1. The van der Waals surface area contributed by atoms with Crippen LogP contribution in [0.15, 0.2) is 42.5 Å². The van der Waals surface area contributed by atoms with Gasteiger partial charge in [-0.25, -0.2) is 0 Å². The molecule has 0 heterocycles. The van der Waals surface area contributed by atoms with Crippen LogP contribution < -0.4 is 4.58 Å². The van der Waals surface area contributed by atoms with Gasteiger partial charge >= 0.3 is 0 Å². The number of nitrogens with zero attached hydrogens (tertiary/aromatic N) is 1. The lowest BCUT2D eigenvalue weighted by atomic mass is 9.63. The molecular weight excluding hydrogens is 314 g/mol. The molecule has 0 saturated heterocycles. The van der Waals surface area contributed by atoms with Crippen molar-refractivity contribution in [2.75, 3.05) is 0 Å². The SMILES string of the molecule is Cc1ccc([N+](=CCl)c2ccc3c(c2)C(C)(C)CCC3(C)C)cc1. The van der Waals surface area contributed by atoms with Crippen LogP contribution in [-0.4, -0.2) is 5.67 Å². The highest BCUT2D eigenvalue weighted by molar-refractivity contribution is 6.56. The van der Waals surface area contributed by atoms with E-state index in [1.54, 1.807) is 5.67 Å². The van der Waals surface area contributed by atoms with Gasteiger partial charge in [0.2, 0.25) is 17.0 Å². The second kappa shape index (κ2) is 6.04. The lowest BCUT2D eigenvalue weighted by Crippen LogP contribution is -2.33. The van der Waals surface area contributed by atoms with Gasteiger partial charge in [0.05, 0.1) is 0 Å². The van der Waals surface area contributed by atoms with Crippen molar-refractivity contribution in [3.05, 3.63) is 59.2 Å². The fraction of sp³-hybridized carbons (Fsp3) is 0.409. The van der Waals surface area contributed by atoms with E-state index in [0.29, 0.717) is 0 Å². The number of hydrogen-bond donors (Lipinski definition) is 0. The quantitative estimate of drug-likeness (QED) is 0.436. The summed E-state index contributed by atoms with van der Waals surface area (Å²) in [6.07, 6.45) is 2.45. The Bertz CT molecular complexity index is 782. The average Bonchev–Trinajstić information content (AvgIpc) is 2.54. The molecule has 0 aromatic heterocycles. The summed E-state index contributed by atoms with van der Waals surface area (Å²) in [4.78, 5) is 0. The van der Waals surface area contributed by atoms with Crippen LogP contribution in [0.3, 0.4) is 0 Å². The molecule has 0 spiro atoms. The summed E-state index contributed by atoms with van der Waals surface area (Å²) >= 11 is 6.19. The zero-order valence-electron chi connectivity index (χ0n) is 15.4. The second-order valence-electron chi connectivity index (χ2n) is 8.30. The van der Waals surface area contributed by atoms with Gasteiger partial charge in [-0.15, -0.1) is 4.58 Å². The summed E-state index contributed by atoms with van der Waals surface area (Å²) < 4.78 is 2.05. The highest BCUT2D eigenvalue weighted by Crippen LogP contribution is 2.46. The molecule has 0 aliphatic heterocycles. The first-order valence-electron chi connectivity index (χ1n) is 8.69. The minimum Gasteiger partial charge on any atom is -0.150 e. The first kappa shape index (κ1) is 17.2. The topological polar surface area (TPSA) is 3.01 Å². The van der Waals surface area contributed by atoms with Crippen molar-refractivity contribution in [3.63, 3.8) is 0 Å². The smallest absolute Gasteiger partial charge is 0.150 e. The molecule has 1 aliphatic rings. The monoisotopic (exact) mass is 340 g/mol. The van der Waals surface area contributed by atoms with E-state index in [2.05, 4.69) is 81.7 Å². The Hall–Kier alpha value is -1.60. The van der Waals surface area contributed by atoms with Crippen LogP contribution in [0.4, 0.5) is 11.4 Å². The van der Waals surface area contributed by atoms with E-state index in [9.17, 15) is 0 Å². The standard InChI is InChI=1S/C22H27ClN/c1-16-6-8-17(9-7-16)24(15-23)18-10-11-19-20(14-18)22(4,5)13-12-21(19,2)3/h6-11,14-15H,12-13H2,1-5H3/q+1. The predicted octanol–water partition coefficient (Wildman–Crippen LogP) is 6.45. The molecular formula is C22H27ClN+. The van der Waals surface area contributed by atoms with Crippen LogP contribution in [0.2, 0.25) is 0 Å². The molecule has 126 valence electrons. The molecule has 24 heavy (non-hydrogen) atoms. The Balaban J connectivity index is 2.12. The van der Waals surface area contributed by atoms with Crippen molar-refractivity contribution in [1.82, 2.24) is 4.58 Å². The molecule has 0 bridgehead atoms. The van der Waals surface area contributed by atoms with Crippen LogP contribution in [-0.2, 0) is 10.8 Å². The predicted molar refractivity (Wildman–Crippen MR) is 106 cm³/mol. The Morgan fingerprint density at radius 3 is 1.96 bits per heavy atom. The molecule has 2 aromatic rings. The summed E-state index contributed by atoms with van der Waals surface area (Å²) in [6.45, 7) is 11.5. The van der Waals surface area contributed by atoms with Crippen molar-refractivity contribution >= 4 is 28.6 Å². The van der Waals surface area contributed by atoms with E-state index < -0.39 is 0 Å². The second-order valence-corrected chi connectivity index (χ2v) is 8.50. The molecule has 1 nitrogen and oxygen atoms in total. The van der Waals surface area contributed by atoms with Crippen LogP contribution in [0.5, 0.6) is 0 Å². The Kier molecular flexibility index (Phi) is 4.34. The number of aryl methyl sites for hydroxylation is 1. The molecule has 3 rings (SSSR count). The maximum Gasteiger partial charge on any atom is 0.244 e. The van der Waals surface area contributed by atoms with Crippen molar-refractivity contribution in [3.8, 4) is 0 Å². The molecule has 0 amide bonds. The first-order valence-corrected chi connectivity index (χ1v) is 9.13. The molecule has 0 saturated carbocycles.